The van der Waals surface area contributed by atoms with Crippen LogP contribution in [-0.4, -0.2) is 21.4 Å². The minimum Gasteiger partial charge on any atom is -0.288 e. The Morgan fingerprint density at radius 1 is 1.12 bits per heavy atom. The molecule has 0 atom stereocenters. The zero-order valence-corrected chi connectivity index (χ0v) is 15.9. The fourth-order valence-corrected chi connectivity index (χ4v) is 4.03. The quantitative estimate of drug-likeness (QED) is 0.422. The molecule has 122 valence electrons. The van der Waals surface area contributed by atoms with Crippen LogP contribution >= 0.6 is 35.7 Å². The van der Waals surface area contributed by atoms with Crippen LogP contribution in [0.25, 0.3) is 6.08 Å². The first-order valence-corrected chi connectivity index (χ1v) is 9.97. The van der Waals surface area contributed by atoms with Gasteiger partial charge < -0.3 is 0 Å². The van der Waals surface area contributed by atoms with Gasteiger partial charge in [0.25, 0.3) is 5.91 Å². The maximum atomic E-state index is 12.7. The first-order valence-electron chi connectivity index (χ1n) is 7.52. The zero-order valence-electron chi connectivity index (χ0n) is 13.5. The van der Waals surface area contributed by atoms with Gasteiger partial charge in [-0.15, -0.1) is 11.8 Å². The lowest BCUT2D eigenvalue weighted by atomic mass is 10.1. The number of carbonyl (C=O) groups excluding carboxylic acids is 1. The molecule has 24 heavy (non-hydrogen) atoms. The number of thiocarbonyl (C=S) groups is 1. The van der Waals surface area contributed by atoms with Gasteiger partial charge in [-0.3, -0.25) is 9.69 Å². The standard InChI is InChI=1S/C19H17NOS3/c1-13-3-5-15(6-4-13)12-20-18(21)17(24-19(20)22)11-14-7-9-16(23-2)10-8-14/h3-11H,12H2,1-2H3. The van der Waals surface area contributed by atoms with Crippen molar-refractivity contribution in [2.45, 2.75) is 18.4 Å². The maximum Gasteiger partial charge on any atom is 0.266 e. The highest BCUT2D eigenvalue weighted by Gasteiger charge is 2.31. The van der Waals surface area contributed by atoms with E-state index >= 15 is 0 Å². The third-order valence-corrected chi connectivity index (χ3v) is 5.87. The largest absolute Gasteiger partial charge is 0.288 e. The summed E-state index contributed by atoms with van der Waals surface area (Å²) in [6.45, 7) is 2.57. The Balaban J connectivity index is 1.77. The van der Waals surface area contributed by atoms with Gasteiger partial charge in [0.2, 0.25) is 0 Å². The lowest BCUT2D eigenvalue weighted by Gasteiger charge is -2.14. The van der Waals surface area contributed by atoms with Gasteiger partial charge in [0.1, 0.15) is 4.32 Å². The van der Waals surface area contributed by atoms with Gasteiger partial charge >= 0.3 is 0 Å². The summed E-state index contributed by atoms with van der Waals surface area (Å²) in [4.78, 5) is 16.2. The Kier molecular flexibility index (Phi) is 5.43. The number of hydrogen-bond acceptors (Lipinski definition) is 4. The molecule has 1 fully saturated rings. The van der Waals surface area contributed by atoms with E-state index in [-0.39, 0.29) is 5.91 Å². The monoisotopic (exact) mass is 371 g/mol. The fourth-order valence-electron chi connectivity index (χ4n) is 2.36. The van der Waals surface area contributed by atoms with Crippen LogP contribution in [0.1, 0.15) is 16.7 Å². The van der Waals surface area contributed by atoms with E-state index in [0.717, 1.165) is 11.1 Å². The van der Waals surface area contributed by atoms with Crippen molar-refractivity contribution in [2.75, 3.05) is 6.26 Å². The second-order valence-electron chi connectivity index (χ2n) is 5.53. The number of aryl methyl sites for hydroxylation is 1. The molecule has 1 heterocycles. The van der Waals surface area contributed by atoms with Crippen molar-refractivity contribution in [1.29, 1.82) is 0 Å². The number of benzene rings is 2. The summed E-state index contributed by atoms with van der Waals surface area (Å²) in [7, 11) is 0. The molecule has 0 aromatic heterocycles. The smallest absolute Gasteiger partial charge is 0.266 e. The normalized spacial score (nSPS) is 16.2. The van der Waals surface area contributed by atoms with Crippen molar-refractivity contribution in [2.24, 2.45) is 0 Å². The Morgan fingerprint density at radius 3 is 2.42 bits per heavy atom. The van der Waals surface area contributed by atoms with Gasteiger partial charge in [-0.25, -0.2) is 0 Å². The van der Waals surface area contributed by atoms with E-state index in [1.54, 1.807) is 16.7 Å². The molecule has 0 saturated carbocycles. The first-order chi connectivity index (χ1) is 11.6. The Morgan fingerprint density at radius 2 is 1.79 bits per heavy atom. The van der Waals surface area contributed by atoms with E-state index in [9.17, 15) is 4.79 Å². The summed E-state index contributed by atoms with van der Waals surface area (Å²) in [5.41, 5.74) is 3.31. The molecule has 0 unspecified atom stereocenters. The maximum absolute atomic E-state index is 12.7. The molecule has 2 nitrogen and oxygen atoms in total. The topological polar surface area (TPSA) is 20.3 Å². The number of amides is 1. The van der Waals surface area contributed by atoms with Crippen LogP contribution in [0.2, 0.25) is 0 Å². The third kappa shape index (κ3) is 3.91. The summed E-state index contributed by atoms with van der Waals surface area (Å²) < 4.78 is 0.618. The third-order valence-electron chi connectivity index (χ3n) is 3.75. The molecule has 1 aliphatic rings. The molecule has 0 spiro atoms. The van der Waals surface area contributed by atoms with Crippen LogP contribution in [0.5, 0.6) is 0 Å². The van der Waals surface area contributed by atoms with Crippen molar-refractivity contribution < 1.29 is 4.79 Å². The Bertz CT molecular complexity index is 794. The van der Waals surface area contributed by atoms with Gasteiger partial charge in [-0.05, 0) is 42.5 Å². The summed E-state index contributed by atoms with van der Waals surface area (Å²) in [6, 6.07) is 16.4. The van der Waals surface area contributed by atoms with Crippen LogP contribution < -0.4 is 0 Å². The Labute approximate surface area is 156 Å². The molecule has 2 aromatic rings. The van der Waals surface area contributed by atoms with Crippen LogP contribution in [0.3, 0.4) is 0 Å². The van der Waals surface area contributed by atoms with E-state index < -0.39 is 0 Å². The summed E-state index contributed by atoms with van der Waals surface area (Å²) >= 11 is 8.47. The molecule has 0 radical (unpaired) electrons. The van der Waals surface area contributed by atoms with Crippen molar-refractivity contribution in [3.8, 4) is 0 Å². The van der Waals surface area contributed by atoms with Crippen LogP contribution in [0.4, 0.5) is 0 Å². The highest BCUT2D eigenvalue weighted by molar-refractivity contribution is 8.26. The molecule has 1 saturated heterocycles. The minimum absolute atomic E-state index is 0.0143. The van der Waals surface area contributed by atoms with Gasteiger partial charge in [0, 0.05) is 4.90 Å². The first kappa shape index (κ1) is 17.3. The highest BCUT2D eigenvalue weighted by atomic mass is 32.2. The van der Waals surface area contributed by atoms with Gasteiger partial charge in [-0.1, -0.05) is 65.9 Å². The molecule has 2 aromatic carbocycles. The molecule has 3 rings (SSSR count). The summed E-state index contributed by atoms with van der Waals surface area (Å²) in [6.07, 6.45) is 3.96. The molecule has 1 amide bonds. The lowest BCUT2D eigenvalue weighted by molar-refractivity contribution is -0.122. The number of rotatable bonds is 4. The molecule has 0 N–H and O–H groups in total. The zero-order chi connectivity index (χ0) is 17.1. The van der Waals surface area contributed by atoms with Gasteiger partial charge in [-0.2, -0.15) is 0 Å². The number of hydrogen-bond donors (Lipinski definition) is 0. The van der Waals surface area contributed by atoms with Gasteiger partial charge in [0.15, 0.2) is 0 Å². The number of nitrogens with zero attached hydrogens (tertiary/aromatic N) is 1. The predicted molar refractivity (Wildman–Crippen MR) is 108 cm³/mol. The second-order valence-corrected chi connectivity index (χ2v) is 8.08. The van der Waals surface area contributed by atoms with E-state index in [1.807, 2.05) is 36.6 Å². The van der Waals surface area contributed by atoms with E-state index in [0.29, 0.717) is 15.8 Å². The van der Waals surface area contributed by atoms with Crippen LogP contribution in [-0.2, 0) is 11.3 Å². The number of carbonyl (C=O) groups is 1. The molecule has 1 aliphatic heterocycles. The van der Waals surface area contributed by atoms with E-state index in [2.05, 4.69) is 31.2 Å². The lowest BCUT2D eigenvalue weighted by Crippen LogP contribution is -2.27. The van der Waals surface area contributed by atoms with Crippen LogP contribution in [0.15, 0.2) is 58.3 Å². The fraction of sp³-hybridized carbons (Fsp3) is 0.158. The Hall–Kier alpha value is -1.56. The second kappa shape index (κ2) is 7.55. The molecule has 5 heteroatoms. The summed E-state index contributed by atoms with van der Waals surface area (Å²) in [5, 5.41) is 0. The molecule has 0 aliphatic carbocycles. The van der Waals surface area contributed by atoms with Crippen molar-refractivity contribution in [1.82, 2.24) is 4.90 Å². The number of thioether (sulfide) groups is 2. The van der Waals surface area contributed by atoms with E-state index in [1.165, 1.54) is 22.2 Å². The molecular weight excluding hydrogens is 354 g/mol. The molecule has 0 bridgehead atoms. The average Bonchev–Trinajstić information content (AvgIpc) is 2.85. The molecular formula is C19H17NOS3. The van der Waals surface area contributed by atoms with Crippen molar-refractivity contribution in [3.05, 3.63) is 70.1 Å². The predicted octanol–water partition coefficient (Wildman–Crippen LogP) is 5.12. The van der Waals surface area contributed by atoms with Crippen molar-refractivity contribution in [3.63, 3.8) is 0 Å². The minimum atomic E-state index is -0.0143. The van der Waals surface area contributed by atoms with Crippen LogP contribution in [0, 0.1) is 6.92 Å². The highest BCUT2D eigenvalue weighted by Crippen LogP contribution is 2.33. The van der Waals surface area contributed by atoms with Gasteiger partial charge in [0.05, 0.1) is 11.4 Å². The van der Waals surface area contributed by atoms with E-state index in [4.69, 9.17) is 12.2 Å². The SMILES string of the molecule is CSc1ccc(C=C2SC(=S)N(Cc3ccc(C)cc3)C2=O)cc1. The van der Waals surface area contributed by atoms with Crippen molar-refractivity contribution >= 4 is 52.0 Å². The summed E-state index contributed by atoms with van der Waals surface area (Å²) in [5.74, 6) is -0.0143. The average molecular weight is 372 g/mol.